The molecule has 0 aliphatic carbocycles. The standard InChI is InChI=1S/C13H16N2O4S/c16-13-4-1-10(8-14-13)15-20(17,18)11-2-3-12-9(7-11)5-6-19-12/h2-3,7,10,15H,1,4-6,8H2,(H,14,16). The van der Waals surface area contributed by atoms with E-state index in [0.29, 0.717) is 26.0 Å². The molecule has 1 saturated heterocycles. The van der Waals surface area contributed by atoms with Crippen molar-refractivity contribution in [2.45, 2.75) is 30.2 Å². The number of ether oxygens (including phenoxy) is 1. The van der Waals surface area contributed by atoms with Gasteiger partial charge in [0.15, 0.2) is 0 Å². The summed E-state index contributed by atoms with van der Waals surface area (Å²) < 4.78 is 32.6. The SMILES string of the molecule is O=C1CCC(NS(=O)(=O)c2ccc3c(c2)CCO3)CN1. The van der Waals surface area contributed by atoms with Gasteiger partial charge in [-0.25, -0.2) is 13.1 Å². The van der Waals surface area contributed by atoms with Gasteiger partial charge in [0.1, 0.15) is 5.75 Å². The average molecular weight is 296 g/mol. The molecule has 1 atom stereocenters. The van der Waals surface area contributed by atoms with Crippen molar-refractivity contribution >= 4 is 15.9 Å². The predicted octanol–water partition coefficient (Wildman–Crippen LogP) is 0.178. The molecule has 2 N–H and O–H groups in total. The van der Waals surface area contributed by atoms with Gasteiger partial charge in [-0.15, -0.1) is 0 Å². The predicted molar refractivity (Wildman–Crippen MR) is 72.0 cm³/mol. The fourth-order valence-electron chi connectivity index (χ4n) is 2.45. The van der Waals surface area contributed by atoms with Crippen LogP contribution in [0.2, 0.25) is 0 Å². The highest BCUT2D eigenvalue weighted by molar-refractivity contribution is 7.89. The summed E-state index contributed by atoms with van der Waals surface area (Å²) in [4.78, 5) is 11.3. The lowest BCUT2D eigenvalue weighted by Crippen LogP contribution is -2.47. The monoisotopic (exact) mass is 296 g/mol. The Kier molecular flexibility index (Phi) is 3.39. The van der Waals surface area contributed by atoms with E-state index in [1.165, 1.54) is 0 Å². The topological polar surface area (TPSA) is 84.5 Å². The zero-order valence-electron chi connectivity index (χ0n) is 10.9. The maximum absolute atomic E-state index is 12.3. The van der Waals surface area contributed by atoms with Crippen LogP contribution >= 0.6 is 0 Å². The van der Waals surface area contributed by atoms with Crippen molar-refractivity contribution in [2.24, 2.45) is 0 Å². The number of fused-ring (bicyclic) bond motifs is 1. The summed E-state index contributed by atoms with van der Waals surface area (Å²) >= 11 is 0. The van der Waals surface area contributed by atoms with Crippen molar-refractivity contribution < 1.29 is 17.9 Å². The van der Waals surface area contributed by atoms with Gasteiger partial charge < -0.3 is 10.1 Å². The number of amides is 1. The van der Waals surface area contributed by atoms with Crippen LogP contribution in [0.5, 0.6) is 5.75 Å². The Balaban J connectivity index is 1.76. The molecule has 1 unspecified atom stereocenters. The van der Waals surface area contributed by atoms with E-state index in [1.54, 1.807) is 18.2 Å². The van der Waals surface area contributed by atoms with Gasteiger partial charge in [-0.3, -0.25) is 4.79 Å². The summed E-state index contributed by atoms with van der Waals surface area (Å²) in [6, 6.07) is 4.65. The Bertz CT molecular complexity index is 632. The smallest absolute Gasteiger partial charge is 0.240 e. The van der Waals surface area contributed by atoms with Gasteiger partial charge in [0.2, 0.25) is 15.9 Å². The molecule has 0 radical (unpaired) electrons. The average Bonchev–Trinajstić information content (AvgIpc) is 2.88. The highest BCUT2D eigenvalue weighted by atomic mass is 32.2. The summed E-state index contributed by atoms with van der Waals surface area (Å²) in [6.07, 6.45) is 1.61. The number of benzene rings is 1. The molecule has 0 saturated carbocycles. The molecule has 1 aromatic rings. The van der Waals surface area contributed by atoms with Crippen molar-refractivity contribution in [1.82, 2.24) is 10.0 Å². The van der Waals surface area contributed by atoms with Crippen LogP contribution in [-0.2, 0) is 21.2 Å². The number of carbonyl (C=O) groups excluding carboxylic acids is 1. The summed E-state index contributed by atoms with van der Waals surface area (Å²) in [5.74, 6) is 0.726. The summed E-state index contributed by atoms with van der Waals surface area (Å²) in [5, 5.41) is 2.66. The summed E-state index contributed by atoms with van der Waals surface area (Å²) in [5.41, 5.74) is 0.921. The van der Waals surface area contributed by atoms with Gasteiger partial charge in [0.05, 0.1) is 11.5 Å². The zero-order chi connectivity index (χ0) is 14.2. The number of hydrogen-bond donors (Lipinski definition) is 2. The molecule has 0 bridgehead atoms. The molecule has 2 aliphatic rings. The molecule has 6 nitrogen and oxygen atoms in total. The summed E-state index contributed by atoms with van der Waals surface area (Å²) in [7, 11) is -3.56. The van der Waals surface area contributed by atoms with E-state index in [1.807, 2.05) is 0 Å². The van der Waals surface area contributed by atoms with Crippen molar-refractivity contribution in [3.63, 3.8) is 0 Å². The molecule has 2 aliphatic heterocycles. The molecule has 1 fully saturated rings. The van der Waals surface area contributed by atoms with Crippen molar-refractivity contribution in [2.75, 3.05) is 13.2 Å². The van der Waals surface area contributed by atoms with Gasteiger partial charge in [-0.1, -0.05) is 0 Å². The Morgan fingerprint density at radius 2 is 2.15 bits per heavy atom. The third-order valence-corrected chi connectivity index (χ3v) is 5.08. The third-order valence-electron chi connectivity index (χ3n) is 3.56. The molecule has 0 spiro atoms. The lowest BCUT2D eigenvalue weighted by molar-refractivity contribution is -0.122. The number of sulfonamides is 1. The Labute approximate surface area is 117 Å². The molecule has 2 heterocycles. The van der Waals surface area contributed by atoms with Crippen molar-refractivity contribution in [3.8, 4) is 5.75 Å². The van der Waals surface area contributed by atoms with Crippen LogP contribution in [0.15, 0.2) is 23.1 Å². The second kappa shape index (κ2) is 5.06. The molecule has 0 aromatic heterocycles. The largest absolute Gasteiger partial charge is 0.493 e. The molecular weight excluding hydrogens is 280 g/mol. The first-order valence-corrected chi connectivity index (χ1v) is 8.08. The number of carbonyl (C=O) groups is 1. The van der Waals surface area contributed by atoms with Gasteiger partial charge >= 0.3 is 0 Å². The van der Waals surface area contributed by atoms with E-state index in [2.05, 4.69) is 10.0 Å². The van der Waals surface area contributed by atoms with E-state index in [0.717, 1.165) is 17.7 Å². The van der Waals surface area contributed by atoms with Crippen LogP contribution < -0.4 is 14.8 Å². The van der Waals surface area contributed by atoms with E-state index >= 15 is 0 Å². The van der Waals surface area contributed by atoms with E-state index < -0.39 is 10.0 Å². The van der Waals surface area contributed by atoms with Crippen LogP contribution in [0, 0.1) is 0 Å². The fraction of sp³-hybridized carbons (Fsp3) is 0.462. The quantitative estimate of drug-likeness (QED) is 0.833. The molecule has 1 aromatic carbocycles. The van der Waals surface area contributed by atoms with Crippen molar-refractivity contribution in [1.29, 1.82) is 0 Å². The fourth-order valence-corrected chi connectivity index (χ4v) is 3.77. The zero-order valence-corrected chi connectivity index (χ0v) is 11.7. The highest BCUT2D eigenvalue weighted by Gasteiger charge is 2.25. The van der Waals surface area contributed by atoms with Crippen LogP contribution in [-0.4, -0.2) is 33.5 Å². The Morgan fingerprint density at radius 3 is 2.90 bits per heavy atom. The Morgan fingerprint density at radius 1 is 1.30 bits per heavy atom. The second-order valence-electron chi connectivity index (χ2n) is 5.03. The maximum Gasteiger partial charge on any atom is 0.240 e. The number of nitrogens with one attached hydrogen (secondary N) is 2. The normalized spacial score (nSPS) is 22.0. The molecule has 3 rings (SSSR count). The molecule has 7 heteroatoms. The third kappa shape index (κ3) is 2.64. The van der Waals surface area contributed by atoms with Crippen LogP contribution in [0.25, 0.3) is 0 Å². The second-order valence-corrected chi connectivity index (χ2v) is 6.74. The minimum atomic E-state index is -3.56. The first-order chi connectivity index (χ1) is 9.54. The molecule has 108 valence electrons. The lowest BCUT2D eigenvalue weighted by Gasteiger charge is -2.23. The first-order valence-electron chi connectivity index (χ1n) is 6.59. The number of hydrogen-bond acceptors (Lipinski definition) is 4. The Hall–Kier alpha value is -1.60. The highest BCUT2D eigenvalue weighted by Crippen LogP contribution is 2.27. The van der Waals surface area contributed by atoms with Gasteiger partial charge in [0, 0.05) is 25.4 Å². The summed E-state index contributed by atoms with van der Waals surface area (Å²) in [6.45, 7) is 0.938. The van der Waals surface area contributed by atoms with Crippen molar-refractivity contribution in [3.05, 3.63) is 23.8 Å². The molecule has 1 amide bonds. The van der Waals surface area contributed by atoms with Gasteiger partial charge in [-0.2, -0.15) is 0 Å². The first kappa shape index (κ1) is 13.4. The lowest BCUT2D eigenvalue weighted by atomic mass is 10.1. The van der Waals surface area contributed by atoms with E-state index in [9.17, 15) is 13.2 Å². The van der Waals surface area contributed by atoms with Crippen LogP contribution in [0.3, 0.4) is 0 Å². The van der Waals surface area contributed by atoms with Crippen LogP contribution in [0.4, 0.5) is 0 Å². The number of rotatable bonds is 3. The number of piperidine rings is 1. The van der Waals surface area contributed by atoms with Crippen LogP contribution in [0.1, 0.15) is 18.4 Å². The minimum Gasteiger partial charge on any atom is -0.493 e. The van der Waals surface area contributed by atoms with E-state index in [-0.39, 0.29) is 16.8 Å². The molecular formula is C13H16N2O4S. The minimum absolute atomic E-state index is 0.0323. The maximum atomic E-state index is 12.3. The molecule has 20 heavy (non-hydrogen) atoms. The van der Waals surface area contributed by atoms with Gasteiger partial charge in [0.25, 0.3) is 0 Å². The van der Waals surface area contributed by atoms with Gasteiger partial charge in [-0.05, 0) is 30.2 Å². The van der Waals surface area contributed by atoms with E-state index in [4.69, 9.17) is 4.74 Å².